The summed E-state index contributed by atoms with van der Waals surface area (Å²) in [6, 6.07) is 23.9. The van der Waals surface area contributed by atoms with Crippen LogP contribution in [0.4, 0.5) is 5.69 Å². The lowest BCUT2D eigenvalue weighted by Crippen LogP contribution is -2.15. The van der Waals surface area contributed by atoms with Crippen molar-refractivity contribution < 1.29 is 4.79 Å². The third kappa shape index (κ3) is 3.29. The zero-order valence-electron chi connectivity index (χ0n) is 16.5. The summed E-state index contributed by atoms with van der Waals surface area (Å²) >= 11 is 1.42. The van der Waals surface area contributed by atoms with E-state index in [9.17, 15) is 4.79 Å². The minimum Gasteiger partial charge on any atom is -0.325 e. The molecule has 0 spiro atoms. The highest BCUT2D eigenvalue weighted by molar-refractivity contribution is 7.99. The van der Waals surface area contributed by atoms with Crippen molar-refractivity contribution in [3.63, 3.8) is 0 Å². The van der Waals surface area contributed by atoms with Crippen molar-refractivity contribution >= 4 is 50.9 Å². The van der Waals surface area contributed by atoms with Gasteiger partial charge < -0.3 is 5.32 Å². The lowest BCUT2D eigenvalue weighted by molar-refractivity contribution is -0.113. The molecule has 0 aliphatic carbocycles. The molecule has 3 aromatic carbocycles. The lowest BCUT2D eigenvalue weighted by atomic mass is 10.1. The topological polar surface area (TPSA) is 59.3 Å². The van der Waals surface area contributed by atoms with Gasteiger partial charge in [-0.1, -0.05) is 61.2 Å². The van der Waals surface area contributed by atoms with Crippen LogP contribution in [0, 0.1) is 0 Å². The smallest absolute Gasteiger partial charge is 0.234 e. The van der Waals surface area contributed by atoms with Gasteiger partial charge in [-0.2, -0.15) is 0 Å². The molecular formula is C24H20N4OS. The minimum atomic E-state index is -0.0478. The van der Waals surface area contributed by atoms with Crippen molar-refractivity contribution in [2.45, 2.75) is 18.5 Å². The fourth-order valence-corrected chi connectivity index (χ4v) is 4.49. The Kier molecular flexibility index (Phi) is 4.85. The van der Waals surface area contributed by atoms with Crippen molar-refractivity contribution in [2.75, 3.05) is 11.1 Å². The molecule has 0 aliphatic heterocycles. The summed E-state index contributed by atoms with van der Waals surface area (Å²) in [5, 5.41) is 4.80. The molecule has 0 unspecified atom stereocenters. The fourth-order valence-electron chi connectivity index (χ4n) is 3.68. The number of carbonyl (C=O) groups is 1. The third-order valence-electron chi connectivity index (χ3n) is 5.12. The third-order valence-corrected chi connectivity index (χ3v) is 6.06. The molecule has 0 saturated heterocycles. The van der Waals surface area contributed by atoms with Crippen LogP contribution in [-0.2, 0) is 11.2 Å². The van der Waals surface area contributed by atoms with Gasteiger partial charge in [0.05, 0.1) is 22.3 Å². The van der Waals surface area contributed by atoms with Crippen LogP contribution in [0.25, 0.3) is 27.6 Å². The first-order valence-electron chi connectivity index (χ1n) is 9.91. The molecule has 5 aromatic rings. The van der Waals surface area contributed by atoms with Gasteiger partial charge in [-0.25, -0.2) is 9.97 Å². The van der Waals surface area contributed by atoms with Gasteiger partial charge in [0.15, 0.2) is 5.16 Å². The maximum absolute atomic E-state index is 12.7. The van der Waals surface area contributed by atoms with Gasteiger partial charge in [0.1, 0.15) is 5.65 Å². The van der Waals surface area contributed by atoms with Crippen molar-refractivity contribution in [3.05, 3.63) is 78.4 Å². The van der Waals surface area contributed by atoms with E-state index in [4.69, 9.17) is 9.97 Å². The molecule has 0 radical (unpaired) electrons. The monoisotopic (exact) mass is 412 g/mol. The van der Waals surface area contributed by atoms with E-state index in [1.807, 2.05) is 72.8 Å². The molecule has 1 N–H and O–H groups in total. The van der Waals surface area contributed by atoms with E-state index < -0.39 is 0 Å². The van der Waals surface area contributed by atoms with Crippen LogP contribution in [0.15, 0.2) is 78.0 Å². The Bertz CT molecular complexity index is 1390. The van der Waals surface area contributed by atoms with E-state index in [2.05, 4.69) is 16.6 Å². The summed E-state index contributed by atoms with van der Waals surface area (Å²) in [5.41, 5.74) is 5.64. The molecule has 2 aromatic heterocycles. The minimum absolute atomic E-state index is 0.0478. The fraction of sp³-hybridized carbons (Fsp3) is 0.125. The van der Waals surface area contributed by atoms with E-state index >= 15 is 0 Å². The van der Waals surface area contributed by atoms with Crippen LogP contribution in [0.5, 0.6) is 0 Å². The molecule has 6 heteroatoms. The second-order valence-electron chi connectivity index (χ2n) is 7.02. The number of thioether (sulfide) groups is 1. The second kappa shape index (κ2) is 7.80. The second-order valence-corrected chi connectivity index (χ2v) is 7.96. The zero-order valence-corrected chi connectivity index (χ0v) is 17.3. The molecule has 5 rings (SSSR count). The maximum atomic E-state index is 12.7. The van der Waals surface area contributed by atoms with Gasteiger partial charge in [-0.05, 0) is 42.3 Å². The van der Waals surface area contributed by atoms with E-state index in [0.29, 0.717) is 0 Å². The Labute approximate surface area is 178 Å². The lowest BCUT2D eigenvalue weighted by Gasteiger charge is -2.11. The number of fused-ring (bicyclic) bond motifs is 5. The van der Waals surface area contributed by atoms with E-state index in [1.165, 1.54) is 11.8 Å². The van der Waals surface area contributed by atoms with Crippen molar-refractivity contribution in [3.8, 4) is 0 Å². The van der Waals surface area contributed by atoms with Crippen molar-refractivity contribution in [1.29, 1.82) is 0 Å². The number of para-hydroxylation sites is 4. The van der Waals surface area contributed by atoms with Gasteiger partial charge in [-0.3, -0.25) is 9.20 Å². The number of rotatable bonds is 5. The Balaban J connectivity index is 1.51. The summed E-state index contributed by atoms with van der Waals surface area (Å²) in [5.74, 6) is 0.221. The van der Waals surface area contributed by atoms with Gasteiger partial charge >= 0.3 is 0 Å². The molecular weight excluding hydrogens is 392 g/mol. The van der Waals surface area contributed by atoms with Gasteiger partial charge in [0, 0.05) is 11.1 Å². The average molecular weight is 413 g/mol. The standard InChI is InChI=1S/C24H20N4OS/c1-2-16-9-3-5-11-18(16)25-22(29)15-30-24-27-19-12-6-4-10-17(19)23-26-20-13-7-8-14-21(20)28(23)24/h3-14H,2,15H2,1H3,(H,25,29). The summed E-state index contributed by atoms with van der Waals surface area (Å²) in [6.07, 6.45) is 0.872. The highest BCUT2D eigenvalue weighted by Gasteiger charge is 2.15. The molecule has 148 valence electrons. The summed E-state index contributed by atoms with van der Waals surface area (Å²) in [4.78, 5) is 22.3. The van der Waals surface area contributed by atoms with Crippen LogP contribution in [0.3, 0.4) is 0 Å². The number of hydrogen-bond donors (Lipinski definition) is 1. The number of carbonyl (C=O) groups excluding carboxylic acids is 1. The number of amides is 1. The Hall–Kier alpha value is -3.38. The molecule has 5 nitrogen and oxygen atoms in total. The van der Waals surface area contributed by atoms with E-state index in [-0.39, 0.29) is 11.7 Å². The highest BCUT2D eigenvalue weighted by Crippen LogP contribution is 2.29. The van der Waals surface area contributed by atoms with Crippen molar-refractivity contribution in [1.82, 2.24) is 14.4 Å². The van der Waals surface area contributed by atoms with Crippen LogP contribution in [-0.4, -0.2) is 26.0 Å². The number of imidazole rings is 1. The number of nitrogens with zero attached hydrogens (tertiary/aromatic N) is 3. The first kappa shape index (κ1) is 18.6. The summed E-state index contributed by atoms with van der Waals surface area (Å²) in [6.45, 7) is 2.08. The molecule has 0 bridgehead atoms. The predicted octanol–water partition coefficient (Wildman–Crippen LogP) is 5.33. The number of aryl methyl sites for hydroxylation is 1. The molecule has 0 saturated carbocycles. The number of aromatic nitrogens is 3. The van der Waals surface area contributed by atoms with Crippen LogP contribution in [0.2, 0.25) is 0 Å². The maximum Gasteiger partial charge on any atom is 0.234 e. The van der Waals surface area contributed by atoms with E-state index in [0.717, 1.165) is 50.4 Å². The normalized spacial score (nSPS) is 11.4. The average Bonchev–Trinajstić information content (AvgIpc) is 3.18. The first-order chi connectivity index (χ1) is 14.7. The first-order valence-corrected chi connectivity index (χ1v) is 10.9. The number of anilines is 1. The van der Waals surface area contributed by atoms with Crippen LogP contribution in [0.1, 0.15) is 12.5 Å². The Morgan fingerprint density at radius 1 is 0.933 bits per heavy atom. The van der Waals surface area contributed by atoms with Gasteiger partial charge in [0.2, 0.25) is 5.91 Å². The van der Waals surface area contributed by atoms with Gasteiger partial charge in [0.25, 0.3) is 0 Å². The Morgan fingerprint density at radius 3 is 2.53 bits per heavy atom. The predicted molar refractivity (Wildman–Crippen MR) is 123 cm³/mol. The van der Waals surface area contributed by atoms with Gasteiger partial charge in [-0.15, -0.1) is 0 Å². The SMILES string of the molecule is CCc1ccccc1NC(=O)CSc1nc2ccccc2c2nc3ccccc3n12. The molecule has 0 aliphatic rings. The van der Waals surface area contributed by atoms with Crippen LogP contribution >= 0.6 is 11.8 Å². The Morgan fingerprint density at radius 2 is 1.67 bits per heavy atom. The molecule has 0 atom stereocenters. The van der Waals surface area contributed by atoms with Crippen molar-refractivity contribution in [2.24, 2.45) is 0 Å². The number of hydrogen-bond acceptors (Lipinski definition) is 4. The molecule has 30 heavy (non-hydrogen) atoms. The molecule has 2 heterocycles. The van der Waals surface area contributed by atoms with Crippen LogP contribution < -0.4 is 5.32 Å². The molecule has 1 amide bonds. The zero-order chi connectivity index (χ0) is 20.5. The number of benzene rings is 3. The number of nitrogens with one attached hydrogen (secondary N) is 1. The summed E-state index contributed by atoms with van der Waals surface area (Å²) in [7, 11) is 0. The largest absolute Gasteiger partial charge is 0.325 e. The molecule has 0 fully saturated rings. The van der Waals surface area contributed by atoms with E-state index in [1.54, 1.807) is 0 Å². The highest BCUT2D eigenvalue weighted by atomic mass is 32.2. The summed E-state index contributed by atoms with van der Waals surface area (Å²) < 4.78 is 2.05. The quantitative estimate of drug-likeness (QED) is 0.313.